The second-order valence-electron chi connectivity index (χ2n) is 3.62. The van der Waals surface area contributed by atoms with Crippen LogP contribution in [0.25, 0.3) is 0 Å². The average Bonchev–Trinajstić information content (AvgIpc) is 2.37. The molecule has 3 nitrogen and oxygen atoms in total. The van der Waals surface area contributed by atoms with Gasteiger partial charge in [-0.2, -0.15) is 0 Å². The predicted octanol–water partition coefficient (Wildman–Crippen LogP) is 4.12. The van der Waals surface area contributed by atoms with Gasteiger partial charge < -0.3 is 10.1 Å². The summed E-state index contributed by atoms with van der Waals surface area (Å²) in [4.78, 5) is 4.30. The van der Waals surface area contributed by atoms with Crippen LogP contribution in [0.15, 0.2) is 41.0 Å². The van der Waals surface area contributed by atoms with Crippen molar-refractivity contribution in [1.29, 1.82) is 0 Å². The lowest BCUT2D eigenvalue weighted by Gasteiger charge is -2.11. The Kier molecular flexibility index (Phi) is 4.44. The van der Waals surface area contributed by atoms with Crippen molar-refractivity contribution in [3.05, 3.63) is 51.6 Å². The first kappa shape index (κ1) is 13.2. The number of rotatable bonds is 4. The third kappa shape index (κ3) is 3.15. The molecule has 0 bridgehead atoms. The highest BCUT2D eigenvalue weighted by Crippen LogP contribution is 2.26. The van der Waals surface area contributed by atoms with Crippen molar-refractivity contribution >= 4 is 33.3 Å². The van der Waals surface area contributed by atoms with Gasteiger partial charge in [0.1, 0.15) is 16.2 Å². The van der Waals surface area contributed by atoms with Crippen molar-refractivity contribution in [3.8, 4) is 5.75 Å². The van der Waals surface area contributed by atoms with Gasteiger partial charge in [0, 0.05) is 17.1 Å². The number of pyridine rings is 1. The van der Waals surface area contributed by atoms with Crippen LogP contribution in [0.5, 0.6) is 5.75 Å². The third-order valence-corrected chi connectivity index (χ3v) is 3.25. The van der Waals surface area contributed by atoms with Crippen molar-refractivity contribution in [2.24, 2.45) is 0 Å². The lowest BCUT2D eigenvalue weighted by atomic mass is 10.2. The molecular formula is C13H12BrClN2O. The van der Waals surface area contributed by atoms with Crippen LogP contribution >= 0.6 is 27.5 Å². The Hall–Kier alpha value is -1.26. The smallest absolute Gasteiger partial charge is 0.127 e. The molecule has 0 radical (unpaired) electrons. The quantitative estimate of drug-likeness (QED) is 0.858. The molecule has 18 heavy (non-hydrogen) atoms. The Labute approximate surface area is 119 Å². The maximum absolute atomic E-state index is 6.16. The molecule has 0 atom stereocenters. The van der Waals surface area contributed by atoms with Crippen LogP contribution in [0.1, 0.15) is 5.56 Å². The van der Waals surface area contributed by atoms with Gasteiger partial charge in [-0.1, -0.05) is 23.7 Å². The number of nitrogens with one attached hydrogen (secondary N) is 1. The minimum absolute atomic E-state index is 0.562. The normalized spacial score (nSPS) is 10.2. The molecule has 0 saturated heterocycles. The number of methoxy groups -OCH3 is 1. The Morgan fingerprint density at radius 1 is 1.28 bits per heavy atom. The first-order chi connectivity index (χ1) is 8.70. The zero-order valence-electron chi connectivity index (χ0n) is 9.78. The minimum atomic E-state index is 0.562. The van der Waals surface area contributed by atoms with Gasteiger partial charge in [-0.3, -0.25) is 0 Å². The molecule has 0 aliphatic heterocycles. The molecule has 0 aliphatic rings. The Morgan fingerprint density at radius 3 is 2.78 bits per heavy atom. The van der Waals surface area contributed by atoms with Crippen LogP contribution < -0.4 is 10.1 Å². The van der Waals surface area contributed by atoms with E-state index in [-0.39, 0.29) is 0 Å². The monoisotopic (exact) mass is 326 g/mol. The number of hydrogen-bond acceptors (Lipinski definition) is 3. The molecule has 0 saturated carbocycles. The van der Waals surface area contributed by atoms with E-state index in [0.29, 0.717) is 11.6 Å². The number of anilines is 1. The van der Waals surface area contributed by atoms with E-state index in [0.717, 1.165) is 21.7 Å². The predicted molar refractivity (Wildman–Crippen MR) is 77.3 cm³/mol. The van der Waals surface area contributed by atoms with Crippen LogP contribution in [-0.2, 0) is 6.54 Å². The van der Waals surface area contributed by atoms with E-state index in [1.54, 1.807) is 7.11 Å². The van der Waals surface area contributed by atoms with Gasteiger partial charge in [0.25, 0.3) is 0 Å². The second-order valence-corrected chi connectivity index (χ2v) is 4.84. The molecule has 5 heteroatoms. The molecule has 0 unspecified atom stereocenters. The summed E-state index contributed by atoms with van der Waals surface area (Å²) in [5, 5.41) is 3.89. The van der Waals surface area contributed by atoms with Gasteiger partial charge in [-0.15, -0.1) is 0 Å². The molecule has 1 aromatic heterocycles. The van der Waals surface area contributed by atoms with Gasteiger partial charge in [-0.25, -0.2) is 4.98 Å². The number of nitrogens with zero attached hydrogens (tertiary/aromatic N) is 1. The number of ether oxygens (including phenoxy) is 1. The van der Waals surface area contributed by atoms with E-state index < -0.39 is 0 Å². The summed E-state index contributed by atoms with van der Waals surface area (Å²) >= 11 is 9.49. The number of benzene rings is 1. The molecule has 0 amide bonds. The maximum Gasteiger partial charge on any atom is 0.127 e. The van der Waals surface area contributed by atoms with E-state index in [4.69, 9.17) is 16.3 Å². The Balaban J connectivity index is 2.15. The topological polar surface area (TPSA) is 34.1 Å². The van der Waals surface area contributed by atoms with E-state index in [1.807, 2.05) is 36.4 Å². The number of aromatic nitrogens is 1. The van der Waals surface area contributed by atoms with Gasteiger partial charge in [0.2, 0.25) is 0 Å². The van der Waals surface area contributed by atoms with E-state index in [1.165, 1.54) is 0 Å². The number of hydrogen-bond donors (Lipinski definition) is 1. The average molecular weight is 328 g/mol. The lowest BCUT2D eigenvalue weighted by Crippen LogP contribution is -2.03. The lowest BCUT2D eigenvalue weighted by molar-refractivity contribution is 0.410. The molecule has 1 aromatic carbocycles. The van der Waals surface area contributed by atoms with Crippen LogP contribution in [0.3, 0.4) is 0 Å². The standard InChI is InChI=1S/C13H12BrClN2O/c1-18-11-5-2-4-10(15)9(11)8-16-13-7-3-6-12(14)17-13/h2-7H,8H2,1H3,(H,16,17). The van der Waals surface area contributed by atoms with Crippen molar-refractivity contribution in [1.82, 2.24) is 4.98 Å². The summed E-state index contributed by atoms with van der Waals surface area (Å²) in [5.41, 5.74) is 0.920. The summed E-state index contributed by atoms with van der Waals surface area (Å²) < 4.78 is 6.07. The van der Waals surface area contributed by atoms with Crippen molar-refractivity contribution in [2.75, 3.05) is 12.4 Å². The fourth-order valence-corrected chi connectivity index (χ4v) is 2.16. The highest BCUT2D eigenvalue weighted by atomic mass is 79.9. The van der Waals surface area contributed by atoms with Crippen molar-refractivity contribution in [2.45, 2.75) is 6.54 Å². The van der Waals surface area contributed by atoms with Crippen LogP contribution in [-0.4, -0.2) is 12.1 Å². The van der Waals surface area contributed by atoms with Gasteiger partial charge in [0.15, 0.2) is 0 Å². The largest absolute Gasteiger partial charge is 0.496 e. The molecule has 0 spiro atoms. The first-order valence-corrected chi connectivity index (χ1v) is 6.55. The summed E-state index contributed by atoms with van der Waals surface area (Å²) in [7, 11) is 1.63. The van der Waals surface area contributed by atoms with Crippen LogP contribution in [0.4, 0.5) is 5.82 Å². The minimum Gasteiger partial charge on any atom is -0.496 e. The zero-order chi connectivity index (χ0) is 13.0. The zero-order valence-corrected chi connectivity index (χ0v) is 12.1. The molecule has 1 N–H and O–H groups in total. The SMILES string of the molecule is COc1cccc(Cl)c1CNc1cccc(Br)n1. The molecule has 94 valence electrons. The highest BCUT2D eigenvalue weighted by molar-refractivity contribution is 9.10. The van der Waals surface area contributed by atoms with Gasteiger partial charge >= 0.3 is 0 Å². The molecule has 0 fully saturated rings. The maximum atomic E-state index is 6.16. The molecule has 1 heterocycles. The Morgan fingerprint density at radius 2 is 2.06 bits per heavy atom. The van der Waals surface area contributed by atoms with E-state index in [2.05, 4.69) is 26.2 Å². The summed E-state index contributed by atoms with van der Waals surface area (Å²) in [6.45, 7) is 0.562. The molecule has 2 rings (SSSR count). The molecular weight excluding hydrogens is 316 g/mol. The van der Waals surface area contributed by atoms with Crippen molar-refractivity contribution in [3.63, 3.8) is 0 Å². The summed E-state index contributed by atoms with van der Waals surface area (Å²) in [5.74, 6) is 1.55. The summed E-state index contributed by atoms with van der Waals surface area (Å²) in [6.07, 6.45) is 0. The van der Waals surface area contributed by atoms with Gasteiger partial charge in [-0.05, 0) is 40.2 Å². The van der Waals surface area contributed by atoms with Gasteiger partial charge in [0.05, 0.1) is 7.11 Å². The highest BCUT2D eigenvalue weighted by Gasteiger charge is 2.07. The first-order valence-electron chi connectivity index (χ1n) is 5.38. The molecule has 0 aliphatic carbocycles. The molecule has 2 aromatic rings. The van der Waals surface area contributed by atoms with E-state index >= 15 is 0 Å². The number of halogens is 2. The van der Waals surface area contributed by atoms with E-state index in [9.17, 15) is 0 Å². The van der Waals surface area contributed by atoms with Crippen molar-refractivity contribution < 1.29 is 4.74 Å². The van der Waals surface area contributed by atoms with Crippen LogP contribution in [0.2, 0.25) is 5.02 Å². The second kappa shape index (κ2) is 6.07. The summed E-state index contributed by atoms with van der Waals surface area (Å²) in [6, 6.07) is 11.3. The Bertz CT molecular complexity index is 548. The van der Waals surface area contributed by atoms with Crippen LogP contribution in [0, 0.1) is 0 Å². The fourth-order valence-electron chi connectivity index (χ4n) is 1.59. The third-order valence-electron chi connectivity index (χ3n) is 2.46. The fraction of sp³-hybridized carbons (Fsp3) is 0.154.